The predicted octanol–water partition coefficient (Wildman–Crippen LogP) is 0.692. The van der Waals surface area contributed by atoms with Crippen LogP contribution in [-0.2, 0) is 14.3 Å². The predicted molar refractivity (Wildman–Crippen MR) is 52.7 cm³/mol. The summed E-state index contributed by atoms with van der Waals surface area (Å²) in [7, 11) is 0. The smallest absolute Gasteiger partial charge is 0.323 e. The molecule has 3 atom stereocenters. The van der Waals surface area contributed by atoms with E-state index in [-0.39, 0.29) is 18.0 Å². The van der Waals surface area contributed by atoms with E-state index in [1.807, 2.05) is 13.8 Å². The number of hydrogen-bond acceptors (Lipinski definition) is 4. The van der Waals surface area contributed by atoms with Crippen molar-refractivity contribution in [3.8, 4) is 0 Å². The largest absolute Gasteiger partial charge is 0.459 e. The van der Waals surface area contributed by atoms with Gasteiger partial charge in [-0.05, 0) is 5.92 Å². The van der Waals surface area contributed by atoms with E-state index in [1.54, 1.807) is 0 Å². The fourth-order valence-electron chi connectivity index (χ4n) is 1.33. The first-order chi connectivity index (χ1) is 6.65. The van der Waals surface area contributed by atoms with Gasteiger partial charge in [-0.2, -0.15) is 0 Å². The summed E-state index contributed by atoms with van der Waals surface area (Å²) >= 11 is 0. The minimum atomic E-state index is -0.499. The minimum Gasteiger partial charge on any atom is -0.459 e. The van der Waals surface area contributed by atoms with Gasteiger partial charge in [-0.3, -0.25) is 4.79 Å². The topological polar surface area (TPSA) is 61.6 Å². The van der Waals surface area contributed by atoms with E-state index in [4.69, 9.17) is 15.2 Å². The van der Waals surface area contributed by atoms with Crippen molar-refractivity contribution in [2.45, 2.75) is 38.8 Å². The molecule has 0 aliphatic carbocycles. The Kier molecular flexibility index (Phi) is 4.35. The van der Waals surface area contributed by atoms with Crippen LogP contribution in [-0.4, -0.2) is 31.3 Å². The van der Waals surface area contributed by atoms with Crippen LogP contribution in [0.25, 0.3) is 0 Å². The van der Waals surface area contributed by atoms with Gasteiger partial charge in [-0.1, -0.05) is 20.3 Å². The van der Waals surface area contributed by atoms with Crippen molar-refractivity contribution >= 4 is 5.97 Å². The molecule has 1 aliphatic rings. The lowest BCUT2D eigenvalue weighted by molar-refractivity contribution is -0.151. The average Bonchev–Trinajstić information content (AvgIpc) is 2.68. The molecule has 0 saturated carbocycles. The highest BCUT2D eigenvalue weighted by molar-refractivity contribution is 5.76. The number of carbonyl (C=O) groups excluding carboxylic acids is 1. The summed E-state index contributed by atoms with van der Waals surface area (Å²) in [5.41, 5.74) is 5.73. The molecule has 3 unspecified atom stereocenters. The van der Waals surface area contributed by atoms with Crippen molar-refractivity contribution in [1.29, 1.82) is 0 Å². The molecule has 0 aromatic carbocycles. The van der Waals surface area contributed by atoms with Crippen LogP contribution in [0.1, 0.15) is 26.7 Å². The summed E-state index contributed by atoms with van der Waals surface area (Å²) in [4.78, 5) is 11.5. The van der Waals surface area contributed by atoms with Gasteiger partial charge in [0.1, 0.15) is 12.1 Å². The van der Waals surface area contributed by atoms with Crippen LogP contribution in [0.2, 0.25) is 0 Å². The van der Waals surface area contributed by atoms with Crippen LogP contribution >= 0.6 is 0 Å². The second-order valence-corrected chi connectivity index (χ2v) is 3.83. The van der Waals surface area contributed by atoms with Crippen molar-refractivity contribution in [3.05, 3.63) is 0 Å². The third kappa shape index (κ3) is 2.96. The van der Waals surface area contributed by atoms with Crippen molar-refractivity contribution in [3.63, 3.8) is 0 Å². The number of carbonyl (C=O) groups is 1. The van der Waals surface area contributed by atoms with Gasteiger partial charge in [0.2, 0.25) is 0 Å². The first-order valence-corrected chi connectivity index (χ1v) is 5.19. The van der Waals surface area contributed by atoms with E-state index in [2.05, 4.69) is 0 Å². The molecular formula is C10H19NO3. The molecule has 2 N–H and O–H groups in total. The molecular weight excluding hydrogens is 182 g/mol. The second-order valence-electron chi connectivity index (χ2n) is 3.83. The highest BCUT2D eigenvalue weighted by Gasteiger charge is 2.26. The zero-order valence-electron chi connectivity index (χ0n) is 8.86. The molecule has 4 nitrogen and oxygen atoms in total. The van der Waals surface area contributed by atoms with Crippen LogP contribution in [0.4, 0.5) is 0 Å². The molecule has 0 radical (unpaired) electrons. The van der Waals surface area contributed by atoms with Crippen molar-refractivity contribution in [2.75, 3.05) is 13.2 Å². The molecule has 0 amide bonds. The van der Waals surface area contributed by atoms with Gasteiger partial charge < -0.3 is 15.2 Å². The number of ether oxygens (including phenoxy) is 2. The standard InChI is InChI=1S/C10H19NO3/c1-3-7(2)9(11)10(12)14-8-4-5-13-6-8/h7-9H,3-6,11H2,1-2H3. The van der Waals surface area contributed by atoms with Crippen LogP contribution in [0.3, 0.4) is 0 Å². The normalized spacial score (nSPS) is 25.8. The highest BCUT2D eigenvalue weighted by atomic mass is 16.6. The van der Waals surface area contributed by atoms with E-state index >= 15 is 0 Å². The van der Waals surface area contributed by atoms with E-state index in [0.717, 1.165) is 12.8 Å². The molecule has 0 aromatic heterocycles. The van der Waals surface area contributed by atoms with Gasteiger partial charge in [0.15, 0.2) is 0 Å². The molecule has 1 saturated heterocycles. The minimum absolute atomic E-state index is 0.0855. The molecule has 4 heteroatoms. The van der Waals surface area contributed by atoms with Gasteiger partial charge in [0.05, 0.1) is 13.2 Å². The maximum atomic E-state index is 11.5. The zero-order chi connectivity index (χ0) is 10.6. The Hall–Kier alpha value is -0.610. The quantitative estimate of drug-likeness (QED) is 0.680. The fourth-order valence-corrected chi connectivity index (χ4v) is 1.33. The monoisotopic (exact) mass is 201 g/mol. The lowest BCUT2D eigenvalue weighted by Crippen LogP contribution is -2.39. The summed E-state index contributed by atoms with van der Waals surface area (Å²) in [5.74, 6) is -0.125. The highest BCUT2D eigenvalue weighted by Crippen LogP contribution is 2.12. The number of nitrogens with two attached hydrogens (primary N) is 1. The van der Waals surface area contributed by atoms with Crippen LogP contribution < -0.4 is 5.73 Å². The zero-order valence-corrected chi connectivity index (χ0v) is 8.86. The van der Waals surface area contributed by atoms with E-state index < -0.39 is 6.04 Å². The third-order valence-electron chi connectivity index (χ3n) is 2.70. The van der Waals surface area contributed by atoms with E-state index in [0.29, 0.717) is 13.2 Å². The molecule has 1 fully saturated rings. The SMILES string of the molecule is CCC(C)C(N)C(=O)OC1CCOC1. The van der Waals surface area contributed by atoms with Crippen LogP contribution in [0.5, 0.6) is 0 Å². The van der Waals surface area contributed by atoms with E-state index in [9.17, 15) is 4.79 Å². The second kappa shape index (κ2) is 5.32. The van der Waals surface area contributed by atoms with Crippen LogP contribution in [0.15, 0.2) is 0 Å². The third-order valence-corrected chi connectivity index (χ3v) is 2.70. The first kappa shape index (κ1) is 11.5. The Balaban J connectivity index is 2.32. The van der Waals surface area contributed by atoms with Crippen molar-refractivity contribution in [1.82, 2.24) is 0 Å². The summed E-state index contributed by atoms with van der Waals surface area (Å²) < 4.78 is 10.3. The molecule has 1 aliphatic heterocycles. The van der Waals surface area contributed by atoms with Gasteiger partial charge in [0.25, 0.3) is 0 Å². The summed E-state index contributed by atoms with van der Waals surface area (Å²) in [6, 6.07) is -0.499. The fraction of sp³-hybridized carbons (Fsp3) is 0.900. The first-order valence-electron chi connectivity index (χ1n) is 5.19. The molecule has 1 rings (SSSR count). The van der Waals surface area contributed by atoms with Crippen molar-refractivity contribution < 1.29 is 14.3 Å². The maximum Gasteiger partial charge on any atom is 0.323 e. The number of esters is 1. The maximum absolute atomic E-state index is 11.5. The lowest BCUT2D eigenvalue weighted by atomic mass is 10.0. The Morgan fingerprint density at radius 2 is 2.43 bits per heavy atom. The molecule has 0 aromatic rings. The Morgan fingerprint density at radius 3 is 2.93 bits per heavy atom. The molecule has 0 spiro atoms. The summed E-state index contributed by atoms with van der Waals surface area (Å²) in [6.07, 6.45) is 1.59. The van der Waals surface area contributed by atoms with Gasteiger partial charge in [0, 0.05) is 6.42 Å². The molecule has 14 heavy (non-hydrogen) atoms. The van der Waals surface area contributed by atoms with Crippen LogP contribution in [0, 0.1) is 5.92 Å². The van der Waals surface area contributed by atoms with E-state index in [1.165, 1.54) is 0 Å². The van der Waals surface area contributed by atoms with Gasteiger partial charge in [-0.25, -0.2) is 0 Å². The van der Waals surface area contributed by atoms with Gasteiger partial charge >= 0.3 is 5.97 Å². The molecule has 0 bridgehead atoms. The summed E-state index contributed by atoms with van der Waals surface area (Å²) in [6.45, 7) is 5.16. The van der Waals surface area contributed by atoms with Crippen molar-refractivity contribution in [2.24, 2.45) is 11.7 Å². The Morgan fingerprint density at radius 1 is 1.71 bits per heavy atom. The Labute approximate surface area is 84.7 Å². The lowest BCUT2D eigenvalue weighted by Gasteiger charge is -2.19. The Bertz CT molecular complexity index is 190. The molecule has 82 valence electrons. The molecule has 1 heterocycles. The average molecular weight is 201 g/mol. The van der Waals surface area contributed by atoms with Gasteiger partial charge in [-0.15, -0.1) is 0 Å². The number of rotatable bonds is 4. The summed E-state index contributed by atoms with van der Waals surface area (Å²) in [5, 5.41) is 0. The number of hydrogen-bond donors (Lipinski definition) is 1.